The average molecular weight is 347 g/mol. The molecule has 0 radical (unpaired) electrons. The van der Waals surface area contributed by atoms with E-state index < -0.39 is 21.9 Å². The summed E-state index contributed by atoms with van der Waals surface area (Å²) in [4.78, 5) is 11.9. The zero-order valence-electron chi connectivity index (χ0n) is 12.8. The normalized spacial score (nSPS) is 16.5. The zero-order valence-corrected chi connectivity index (χ0v) is 13.6. The van der Waals surface area contributed by atoms with Crippen molar-refractivity contribution in [1.82, 2.24) is 4.31 Å². The van der Waals surface area contributed by atoms with Crippen LogP contribution in [0.3, 0.4) is 0 Å². The molecular formula is C17H14FNO4S. The van der Waals surface area contributed by atoms with Crippen molar-refractivity contribution in [2.45, 2.75) is 11.8 Å². The molecular weight excluding hydrogens is 333 g/mol. The van der Waals surface area contributed by atoms with Crippen LogP contribution in [0.25, 0.3) is 6.08 Å². The summed E-state index contributed by atoms with van der Waals surface area (Å²) in [5.41, 5.74) is 1.64. The minimum atomic E-state index is -4.07. The number of benzene rings is 2. The van der Waals surface area contributed by atoms with Crippen LogP contribution in [0.5, 0.6) is 0 Å². The molecule has 0 unspecified atom stereocenters. The van der Waals surface area contributed by atoms with Crippen molar-refractivity contribution in [1.29, 1.82) is 0 Å². The lowest BCUT2D eigenvalue weighted by atomic mass is 10.2. The van der Waals surface area contributed by atoms with Gasteiger partial charge in [0.05, 0.1) is 10.6 Å². The zero-order chi connectivity index (χ0) is 17.3. The number of hydrogen-bond acceptors (Lipinski definition) is 4. The van der Waals surface area contributed by atoms with Crippen molar-refractivity contribution in [3.8, 4) is 0 Å². The van der Waals surface area contributed by atoms with Crippen LogP contribution in [0.4, 0.5) is 9.18 Å². The third-order valence-corrected chi connectivity index (χ3v) is 5.26. The summed E-state index contributed by atoms with van der Waals surface area (Å²) in [6.45, 7) is 1.67. The number of halogens is 1. The van der Waals surface area contributed by atoms with E-state index >= 15 is 0 Å². The maximum absolute atomic E-state index is 13.0. The maximum Gasteiger partial charge on any atom is 0.428 e. The predicted molar refractivity (Wildman–Crippen MR) is 85.9 cm³/mol. The second-order valence-corrected chi connectivity index (χ2v) is 7.11. The van der Waals surface area contributed by atoms with Crippen LogP contribution in [0, 0.1) is 12.7 Å². The summed E-state index contributed by atoms with van der Waals surface area (Å²) < 4.78 is 44.0. The third kappa shape index (κ3) is 3.03. The van der Waals surface area contributed by atoms with Gasteiger partial charge >= 0.3 is 6.09 Å². The number of sulfonamides is 1. The van der Waals surface area contributed by atoms with Crippen LogP contribution in [-0.2, 0) is 14.8 Å². The highest BCUT2D eigenvalue weighted by Gasteiger charge is 2.38. The molecule has 24 heavy (non-hydrogen) atoms. The molecule has 0 spiro atoms. The van der Waals surface area contributed by atoms with Gasteiger partial charge in [-0.3, -0.25) is 0 Å². The van der Waals surface area contributed by atoms with Crippen molar-refractivity contribution in [2.24, 2.45) is 0 Å². The summed E-state index contributed by atoms with van der Waals surface area (Å²) in [6.07, 6.45) is 0.528. The molecule has 1 heterocycles. The number of ether oxygens (including phenoxy) is 1. The van der Waals surface area contributed by atoms with Crippen LogP contribution >= 0.6 is 0 Å². The van der Waals surface area contributed by atoms with E-state index in [0.29, 0.717) is 9.87 Å². The number of rotatable bonds is 3. The second-order valence-electron chi connectivity index (χ2n) is 5.32. The molecule has 2 aromatic carbocycles. The number of amides is 1. The quantitative estimate of drug-likeness (QED) is 0.854. The summed E-state index contributed by atoms with van der Waals surface area (Å²) in [7, 11) is -4.07. The SMILES string of the molecule is Cc1ccc(S(=O)(=O)N2C(=O)OC/C2=C\c2ccc(F)cc2)cc1. The maximum atomic E-state index is 13.0. The first-order chi connectivity index (χ1) is 11.4. The molecule has 0 atom stereocenters. The Kier molecular flexibility index (Phi) is 4.11. The molecule has 0 bridgehead atoms. The van der Waals surface area contributed by atoms with Crippen molar-refractivity contribution in [2.75, 3.05) is 6.61 Å². The van der Waals surface area contributed by atoms with E-state index in [1.807, 2.05) is 6.92 Å². The molecule has 1 aliphatic rings. The molecule has 2 aromatic rings. The molecule has 1 aliphatic heterocycles. The third-order valence-electron chi connectivity index (χ3n) is 3.53. The Morgan fingerprint density at radius 2 is 1.71 bits per heavy atom. The van der Waals surface area contributed by atoms with Crippen LogP contribution in [0.2, 0.25) is 0 Å². The van der Waals surface area contributed by atoms with Gasteiger partial charge in [-0.1, -0.05) is 29.8 Å². The summed E-state index contributed by atoms with van der Waals surface area (Å²) in [6, 6.07) is 11.7. The molecule has 1 fully saturated rings. The number of cyclic esters (lactones) is 1. The van der Waals surface area contributed by atoms with E-state index in [9.17, 15) is 17.6 Å². The van der Waals surface area contributed by atoms with Crippen molar-refractivity contribution >= 4 is 22.2 Å². The predicted octanol–water partition coefficient (Wildman–Crippen LogP) is 3.32. The van der Waals surface area contributed by atoms with E-state index in [-0.39, 0.29) is 17.2 Å². The van der Waals surface area contributed by atoms with Gasteiger partial charge in [-0.2, -0.15) is 4.31 Å². The highest BCUT2D eigenvalue weighted by molar-refractivity contribution is 7.89. The Labute approximate surface area is 139 Å². The largest absolute Gasteiger partial charge is 0.442 e. The Morgan fingerprint density at radius 3 is 2.33 bits per heavy atom. The van der Waals surface area contributed by atoms with Gasteiger partial charge in [0.2, 0.25) is 0 Å². The second kappa shape index (κ2) is 6.09. The van der Waals surface area contributed by atoms with Gasteiger partial charge in [-0.25, -0.2) is 17.6 Å². The minimum absolute atomic E-state index is 0.00282. The molecule has 0 saturated carbocycles. The van der Waals surface area contributed by atoms with Crippen molar-refractivity contribution < 1.29 is 22.3 Å². The number of carbonyl (C=O) groups excluding carboxylic acids is 1. The van der Waals surface area contributed by atoms with Gasteiger partial charge in [0.1, 0.15) is 12.4 Å². The Bertz CT molecular complexity index is 903. The summed E-state index contributed by atoms with van der Waals surface area (Å²) in [5, 5.41) is 0. The highest BCUT2D eigenvalue weighted by atomic mass is 32.2. The Balaban J connectivity index is 2.01. The first-order valence-corrected chi connectivity index (χ1v) is 8.57. The number of hydrogen-bond donors (Lipinski definition) is 0. The topological polar surface area (TPSA) is 63.7 Å². The summed E-state index contributed by atoms with van der Waals surface area (Å²) in [5.74, 6) is -0.403. The highest BCUT2D eigenvalue weighted by Crippen LogP contribution is 2.27. The van der Waals surface area contributed by atoms with Gasteiger partial charge in [0.25, 0.3) is 10.0 Å². The van der Waals surface area contributed by atoms with E-state index in [1.54, 1.807) is 12.1 Å². The monoisotopic (exact) mass is 347 g/mol. The lowest BCUT2D eigenvalue weighted by molar-refractivity contribution is 0.170. The van der Waals surface area contributed by atoms with Gasteiger partial charge < -0.3 is 4.74 Å². The van der Waals surface area contributed by atoms with Crippen molar-refractivity contribution in [3.63, 3.8) is 0 Å². The van der Waals surface area contributed by atoms with Gasteiger partial charge in [-0.15, -0.1) is 0 Å². The molecule has 124 valence electrons. The van der Waals surface area contributed by atoms with Gasteiger partial charge in [-0.05, 0) is 42.8 Å². The van der Waals surface area contributed by atoms with E-state index in [1.165, 1.54) is 42.5 Å². The molecule has 7 heteroatoms. The fourth-order valence-electron chi connectivity index (χ4n) is 2.29. The first kappa shape index (κ1) is 16.2. The van der Waals surface area contributed by atoms with Crippen LogP contribution < -0.4 is 0 Å². The molecule has 0 N–H and O–H groups in total. The number of nitrogens with zero attached hydrogens (tertiary/aromatic N) is 1. The van der Waals surface area contributed by atoms with Crippen LogP contribution in [0.1, 0.15) is 11.1 Å². The molecule has 3 rings (SSSR count). The fraction of sp³-hybridized carbons (Fsp3) is 0.118. The standard InChI is InChI=1S/C17H14FNO4S/c1-12-2-8-16(9-3-12)24(21,22)19-15(11-23-17(19)20)10-13-4-6-14(18)7-5-13/h2-10H,11H2,1H3/b15-10+. The van der Waals surface area contributed by atoms with E-state index in [4.69, 9.17) is 4.74 Å². The number of carbonyl (C=O) groups is 1. The molecule has 5 nitrogen and oxygen atoms in total. The lowest BCUT2D eigenvalue weighted by Gasteiger charge is -2.15. The molecule has 1 amide bonds. The summed E-state index contributed by atoms with van der Waals surface area (Å²) >= 11 is 0. The molecule has 0 aliphatic carbocycles. The smallest absolute Gasteiger partial charge is 0.428 e. The lowest BCUT2D eigenvalue weighted by Crippen LogP contribution is -2.30. The minimum Gasteiger partial charge on any atom is -0.442 e. The van der Waals surface area contributed by atoms with E-state index in [2.05, 4.69) is 0 Å². The fourth-order valence-corrected chi connectivity index (χ4v) is 3.64. The number of aryl methyl sites for hydroxylation is 1. The Morgan fingerprint density at radius 1 is 1.08 bits per heavy atom. The average Bonchev–Trinajstić information content (AvgIpc) is 2.91. The van der Waals surface area contributed by atoms with Crippen molar-refractivity contribution in [3.05, 3.63) is 71.2 Å². The molecule has 0 aromatic heterocycles. The van der Waals surface area contributed by atoms with Gasteiger partial charge in [0.15, 0.2) is 0 Å². The van der Waals surface area contributed by atoms with Gasteiger partial charge in [0, 0.05) is 0 Å². The van der Waals surface area contributed by atoms with Crippen LogP contribution in [0.15, 0.2) is 59.1 Å². The Hall–Kier alpha value is -2.67. The van der Waals surface area contributed by atoms with E-state index in [0.717, 1.165) is 5.56 Å². The molecule has 1 saturated heterocycles. The van der Waals surface area contributed by atoms with Crippen LogP contribution in [-0.4, -0.2) is 25.4 Å². The first-order valence-electron chi connectivity index (χ1n) is 7.13.